The largest absolute Gasteiger partial charge is 0.451 e. The number of rotatable bonds is 30. The van der Waals surface area contributed by atoms with E-state index in [2.05, 4.69) is 51.3 Å². The topological polar surface area (TPSA) is 126 Å². The molecule has 0 saturated heterocycles. The highest BCUT2D eigenvalue weighted by molar-refractivity contribution is 5.88. The van der Waals surface area contributed by atoms with Crippen LogP contribution in [0.25, 0.3) is 11.1 Å². The third-order valence-electron chi connectivity index (χ3n) is 13.9. The molecule has 0 aliphatic heterocycles. The first-order valence-electron chi connectivity index (χ1n) is 26.5. The van der Waals surface area contributed by atoms with E-state index < -0.39 is 63.5 Å². The molecule has 6 atom stereocenters. The van der Waals surface area contributed by atoms with E-state index in [9.17, 15) is 9.59 Å². The predicted octanol–water partition coefficient (Wildman–Crippen LogP) is 11.9. The number of hydrogen-bond acceptors (Lipinski definition) is 12. The van der Waals surface area contributed by atoms with Gasteiger partial charge in [-0.2, -0.15) is 0 Å². The summed E-state index contributed by atoms with van der Waals surface area (Å²) in [6.45, 7) is 32.9. The summed E-state index contributed by atoms with van der Waals surface area (Å²) in [5.41, 5.74) is -4.94. The number of hydrogen-bond donors (Lipinski definition) is 0. The van der Waals surface area contributed by atoms with Gasteiger partial charge in [0.15, 0.2) is 34.6 Å². The first-order valence-corrected chi connectivity index (χ1v) is 26.5. The standard InChI is InChI=1S/C59H86O12/c1-15-35-62-53(13)49(70-51(60)43(9)10)31-33-55(64-37-17-3,58(53,66-39-19-5)67-40-20-6)57(47-29-25-23-27-45(47)46-28-24-26-30-48(46)57)56(65-38-18-4)34-32-50(71-52(61)44(11)12)54(14,63-36-16-2)59(56,68-41-21-7)69-42-22-8/h23-34,49-50H,9,11,15-22,35-42H2,1-8,10,12-14H3. The molecular weight excluding hydrogens is 901 g/mol. The predicted molar refractivity (Wildman–Crippen MR) is 278 cm³/mol. The zero-order valence-electron chi connectivity index (χ0n) is 45.2. The van der Waals surface area contributed by atoms with Gasteiger partial charge in [0.05, 0.1) is 31.8 Å². The van der Waals surface area contributed by atoms with Crippen LogP contribution in [-0.2, 0) is 62.4 Å². The Kier molecular flexibility index (Phi) is 20.3. The second-order valence-corrected chi connectivity index (χ2v) is 19.5. The van der Waals surface area contributed by atoms with Crippen LogP contribution in [0.2, 0.25) is 0 Å². The van der Waals surface area contributed by atoms with Crippen molar-refractivity contribution in [3.63, 3.8) is 0 Å². The molecule has 2 aromatic rings. The normalized spacial score (nSPS) is 26.6. The van der Waals surface area contributed by atoms with Gasteiger partial charge in [0, 0.05) is 37.6 Å². The minimum Gasteiger partial charge on any atom is -0.451 e. The average molecular weight is 987 g/mol. The molecule has 0 N–H and O–H groups in total. The average Bonchev–Trinajstić information content (AvgIpc) is 3.68. The molecule has 0 aromatic heterocycles. The maximum absolute atomic E-state index is 14.0. The highest BCUT2D eigenvalue weighted by atomic mass is 16.8. The maximum atomic E-state index is 14.0. The highest BCUT2D eigenvalue weighted by Crippen LogP contribution is 2.72. The molecule has 3 aliphatic rings. The van der Waals surface area contributed by atoms with Gasteiger partial charge in [-0.3, -0.25) is 0 Å². The minimum absolute atomic E-state index is 0.180. The van der Waals surface area contributed by atoms with Crippen LogP contribution in [0.1, 0.15) is 146 Å². The van der Waals surface area contributed by atoms with Crippen LogP contribution in [0.4, 0.5) is 0 Å². The van der Waals surface area contributed by atoms with Crippen molar-refractivity contribution in [1.29, 1.82) is 0 Å². The molecule has 0 saturated carbocycles. The second-order valence-electron chi connectivity index (χ2n) is 19.5. The van der Waals surface area contributed by atoms with Crippen molar-refractivity contribution < 1.29 is 57.0 Å². The van der Waals surface area contributed by atoms with Gasteiger partial charge in [-0.05, 0) is 126 Å². The summed E-state index contributed by atoms with van der Waals surface area (Å²) >= 11 is 0. The first kappa shape index (κ1) is 57.9. The molecule has 0 heterocycles. The molecule has 3 aliphatic carbocycles. The lowest BCUT2D eigenvalue weighted by atomic mass is 9.46. The lowest BCUT2D eigenvalue weighted by Gasteiger charge is -2.71. The van der Waals surface area contributed by atoms with Crippen molar-refractivity contribution in [3.8, 4) is 11.1 Å². The third kappa shape index (κ3) is 9.58. The SMILES string of the molecule is C=C(C)C(=O)OC1C=CC(OCCC)(C2(C3(OCCC)C=CC(OC(=O)C(=C)C)C(C)(OCCC)C3(OCCC)OCCC)c3ccccc3-c3ccccc32)C(OCCC)(OCCC)C1(C)OCCC. The van der Waals surface area contributed by atoms with Gasteiger partial charge in [0.25, 0.3) is 0 Å². The lowest BCUT2D eigenvalue weighted by molar-refractivity contribution is -0.445. The van der Waals surface area contributed by atoms with E-state index >= 15 is 0 Å². The zero-order chi connectivity index (χ0) is 52.1. The zero-order valence-corrected chi connectivity index (χ0v) is 45.2. The number of benzene rings is 2. The van der Waals surface area contributed by atoms with Crippen molar-refractivity contribution >= 4 is 11.9 Å². The maximum Gasteiger partial charge on any atom is 0.333 e. The van der Waals surface area contributed by atoms with E-state index in [1.54, 1.807) is 13.8 Å². The van der Waals surface area contributed by atoms with Gasteiger partial charge in [-0.1, -0.05) is 117 Å². The molecular formula is C59H86O12. The van der Waals surface area contributed by atoms with Gasteiger partial charge in [0.2, 0.25) is 11.6 Å². The molecule has 12 nitrogen and oxygen atoms in total. The van der Waals surface area contributed by atoms with Crippen molar-refractivity contribution in [2.75, 3.05) is 52.9 Å². The van der Waals surface area contributed by atoms with E-state index in [0.717, 1.165) is 22.3 Å². The van der Waals surface area contributed by atoms with Crippen LogP contribution in [0, 0.1) is 0 Å². The highest BCUT2D eigenvalue weighted by Gasteiger charge is 2.88. The Balaban J connectivity index is 2.28. The molecule has 394 valence electrons. The summed E-state index contributed by atoms with van der Waals surface area (Å²) < 4.78 is 74.3. The summed E-state index contributed by atoms with van der Waals surface area (Å²) in [5, 5.41) is 0. The van der Waals surface area contributed by atoms with E-state index in [4.69, 9.17) is 47.4 Å². The summed E-state index contributed by atoms with van der Waals surface area (Å²) in [5.74, 6) is -5.21. The van der Waals surface area contributed by atoms with Gasteiger partial charge in [0.1, 0.15) is 0 Å². The van der Waals surface area contributed by atoms with E-state index in [-0.39, 0.29) is 64.0 Å². The van der Waals surface area contributed by atoms with Crippen LogP contribution in [-0.4, -0.2) is 111 Å². The van der Waals surface area contributed by atoms with E-state index in [1.165, 1.54) is 0 Å². The Morgan fingerprint density at radius 2 is 0.732 bits per heavy atom. The van der Waals surface area contributed by atoms with Gasteiger partial charge < -0.3 is 47.4 Å². The number of fused-ring (bicyclic) bond motifs is 3. The number of esters is 2. The van der Waals surface area contributed by atoms with Crippen molar-refractivity contribution in [2.24, 2.45) is 0 Å². The molecule has 0 radical (unpaired) electrons. The van der Waals surface area contributed by atoms with Gasteiger partial charge >= 0.3 is 11.9 Å². The Morgan fingerprint density at radius 1 is 0.451 bits per heavy atom. The van der Waals surface area contributed by atoms with Crippen molar-refractivity contribution in [2.45, 2.75) is 186 Å². The smallest absolute Gasteiger partial charge is 0.333 e. The lowest BCUT2D eigenvalue weighted by Crippen LogP contribution is -2.89. The Bertz CT molecular complexity index is 2010. The molecule has 0 spiro atoms. The van der Waals surface area contributed by atoms with Gasteiger partial charge in [-0.15, -0.1) is 0 Å². The first-order chi connectivity index (χ1) is 34.1. The number of carbonyl (C=O) groups is 2. The molecule has 2 aromatic carbocycles. The summed E-state index contributed by atoms with van der Waals surface area (Å²) in [6, 6.07) is 16.6. The molecule has 6 unspecified atom stereocenters. The fourth-order valence-corrected chi connectivity index (χ4v) is 11.0. The molecule has 0 bridgehead atoms. The third-order valence-corrected chi connectivity index (χ3v) is 13.9. The quantitative estimate of drug-likeness (QED) is 0.0320. The fraction of sp³-hybridized carbons (Fsp3) is 0.627. The Labute approximate surface area is 425 Å². The van der Waals surface area contributed by atoms with Crippen LogP contribution < -0.4 is 0 Å². The summed E-state index contributed by atoms with van der Waals surface area (Å²) in [4.78, 5) is 27.9. The number of carbonyl (C=O) groups excluding carboxylic acids is 2. The molecule has 5 rings (SSSR count). The van der Waals surface area contributed by atoms with Crippen molar-refractivity contribution in [3.05, 3.63) is 108 Å². The minimum atomic E-state index is -2.00. The molecule has 0 amide bonds. The van der Waals surface area contributed by atoms with E-state index in [1.807, 2.05) is 104 Å². The van der Waals surface area contributed by atoms with Crippen LogP contribution in [0.5, 0.6) is 0 Å². The number of ether oxygens (including phenoxy) is 10. The fourth-order valence-electron chi connectivity index (χ4n) is 11.0. The molecule has 12 heteroatoms. The van der Waals surface area contributed by atoms with Gasteiger partial charge in [-0.25, -0.2) is 9.59 Å². The van der Waals surface area contributed by atoms with Crippen LogP contribution in [0.3, 0.4) is 0 Å². The molecule has 71 heavy (non-hydrogen) atoms. The summed E-state index contributed by atoms with van der Waals surface area (Å²) in [6.07, 6.45) is 10.2. The Morgan fingerprint density at radius 3 is 1.03 bits per heavy atom. The van der Waals surface area contributed by atoms with Crippen LogP contribution in [0.15, 0.2) is 97.1 Å². The van der Waals surface area contributed by atoms with Crippen LogP contribution >= 0.6 is 0 Å². The summed E-state index contributed by atoms with van der Waals surface area (Å²) in [7, 11) is 0. The second kappa shape index (κ2) is 24.8. The monoisotopic (exact) mass is 987 g/mol. The van der Waals surface area contributed by atoms with E-state index in [0.29, 0.717) is 51.4 Å². The molecule has 0 fully saturated rings. The Hall–Kier alpha value is -3.98. The van der Waals surface area contributed by atoms with Crippen molar-refractivity contribution in [1.82, 2.24) is 0 Å².